The van der Waals surface area contributed by atoms with Gasteiger partial charge in [0.1, 0.15) is 0 Å². The first kappa shape index (κ1) is 14.9. The number of nitrogens with two attached hydrogens (primary N) is 1. The molecule has 0 aliphatic carbocycles. The van der Waals surface area contributed by atoms with E-state index in [4.69, 9.17) is 5.73 Å². The van der Waals surface area contributed by atoms with E-state index in [0.29, 0.717) is 31.9 Å². The van der Waals surface area contributed by atoms with Crippen LogP contribution in [0.4, 0.5) is 10.5 Å². The number of benzene rings is 1. The van der Waals surface area contributed by atoms with E-state index in [1.165, 1.54) is 13.2 Å². The van der Waals surface area contributed by atoms with Crippen LogP contribution in [-0.4, -0.2) is 55.1 Å². The van der Waals surface area contributed by atoms with Crippen molar-refractivity contribution < 1.29 is 14.3 Å². The number of hydrogen-bond acceptors (Lipinski definition) is 4. The summed E-state index contributed by atoms with van der Waals surface area (Å²) < 4.78 is 4.66. The average Bonchev–Trinajstić information content (AvgIpc) is 2.52. The number of ether oxygens (including phenoxy) is 1. The Hall–Kier alpha value is -2.50. The van der Waals surface area contributed by atoms with E-state index < -0.39 is 0 Å². The number of anilines is 1. The number of piperazine rings is 1. The summed E-state index contributed by atoms with van der Waals surface area (Å²) >= 11 is 0. The van der Waals surface area contributed by atoms with Gasteiger partial charge in [-0.25, -0.2) is 4.79 Å². The van der Waals surface area contributed by atoms with Crippen molar-refractivity contribution >= 4 is 23.8 Å². The summed E-state index contributed by atoms with van der Waals surface area (Å²) in [7, 11) is 1.36. The van der Waals surface area contributed by atoms with Gasteiger partial charge in [-0.3, -0.25) is 4.79 Å². The molecule has 6 nitrogen and oxygen atoms in total. The zero-order chi connectivity index (χ0) is 15.2. The second-order valence-corrected chi connectivity index (χ2v) is 4.79. The van der Waals surface area contributed by atoms with Gasteiger partial charge in [0.15, 0.2) is 0 Å². The molecule has 1 aromatic carbocycles. The Bertz CT molecular complexity index is 549. The molecule has 1 aliphatic heterocycles. The van der Waals surface area contributed by atoms with Crippen molar-refractivity contribution in [1.29, 1.82) is 0 Å². The van der Waals surface area contributed by atoms with Crippen molar-refractivity contribution in [1.82, 2.24) is 9.80 Å². The number of nitrogen functional groups attached to an aromatic ring is 1. The Kier molecular flexibility index (Phi) is 4.81. The van der Waals surface area contributed by atoms with Crippen molar-refractivity contribution in [2.45, 2.75) is 0 Å². The van der Waals surface area contributed by atoms with Crippen LogP contribution in [0.15, 0.2) is 30.3 Å². The number of rotatable bonds is 2. The van der Waals surface area contributed by atoms with Crippen LogP contribution in [0.2, 0.25) is 0 Å². The van der Waals surface area contributed by atoms with Crippen LogP contribution in [0.3, 0.4) is 0 Å². The molecule has 2 N–H and O–H groups in total. The Morgan fingerprint density at radius 2 is 1.86 bits per heavy atom. The largest absolute Gasteiger partial charge is 0.453 e. The van der Waals surface area contributed by atoms with E-state index >= 15 is 0 Å². The van der Waals surface area contributed by atoms with Crippen molar-refractivity contribution in [3.05, 3.63) is 35.9 Å². The molecule has 112 valence electrons. The first-order valence-corrected chi connectivity index (χ1v) is 6.75. The molecule has 1 heterocycles. The molecule has 0 radical (unpaired) electrons. The van der Waals surface area contributed by atoms with Crippen LogP contribution < -0.4 is 5.73 Å². The molecular weight excluding hydrogens is 270 g/mol. The van der Waals surface area contributed by atoms with Gasteiger partial charge in [0.2, 0.25) is 5.91 Å². The Labute approximate surface area is 123 Å². The summed E-state index contributed by atoms with van der Waals surface area (Å²) in [5.41, 5.74) is 7.23. The average molecular weight is 289 g/mol. The molecule has 2 rings (SSSR count). The lowest BCUT2D eigenvalue weighted by molar-refractivity contribution is -0.127. The van der Waals surface area contributed by atoms with Crippen molar-refractivity contribution in [2.24, 2.45) is 0 Å². The lowest BCUT2D eigenvalue weighted by Crippen LogP contribution is -2.50. The van der Waals surface area contributed by atoms with E-state index in [9.17, 15) is 9.59 Å². The summed E-state index contributed by atoms with van der Waals surface area (Å²) in [6.07, 6.45) is 2.92. The fraction of sp³-hybridized carbons (Fsp3) is 0.333. The van der Waals surface area contributed by atoms with Gasteiger partial charge in [0.25, 0.3) is 0 Å². The minimum atomic E-state index is -0.350. The number of amides is 2. The number of carbonyl (C=O) groups excluding carboxylic acids is 2. The highest BCUT2D eigenvalue weighted by atomic mass is 16.5. The second-order valence-electron chi connectivity index (χ2n) is 4.79. The van der Waals surface area contributed by atoms with E-state index in [1.54, 1.807) is 28.0 Å². The molecule has 21 heavy (non-hydrogen) atoms. The molecule has 1 fully saturated rings. The standard InChI is InChI=1S/C15H19N3O3/c1-21-15(20)18-9-7-17(8-10-18)14(19)6-5-12-3-2-4-13(16)11-12/h2-6,11H,7-10,16H2,1H3/b6-5+. The predicted octanol–water partition coefficient (Wildman–Crippen LogP) is 1.19. The van der Waals surface area contributed by atoms with Crippen molar-refractivity contribution in [3.63, 3.8) is 0 Å². The molecule has 0 atom stereocenters. The summed E-state index contributed by atoms with van der Waals surface area (Å²) in [6.45, 7) is 2.00. The summed E-state index contributed by atoms with van der Waals surface area (Å²) in [4.78, 5) is 26.7. The second kappa shape index (κ2) is 6.78. The zero-order valence-corrected chi connectivity index (χ0v) is 12.0. The Morgan fingerprint density at radius 3 is 2.48 bits per heavy atom. The van der Waals surface area contributed by atoms with Crippen LogP contribution in [0, 0.1) is 0 Å². The maximum absolute atomic E-state index is 12.1. The molecule has 0 spiro atoms. The maximum Gasteiger partial charge on any atom is 0.409 e. The highest BCUT2D eigenvalue weighted by Crippen LogP contribution is 2.09. The van der Waals surface area contributed by atoms with Crippen molar-refractivity contribution in [2.75, 3.05) is 39.0 Å². The Balaban J connectivity index is 1.89. The molecular formula is C15H19N3O3. The van der Waals surface area contributed by atoms with Crippen LogP contribution in [0.5, 0.6) is 0 Å². The lowest BCUT2D eigenvalue weighted by atomic mass is 10.2. The normalized spacial score (nSPS) is 15.3. The minimum Gasteiger partial charge on any atom is -0.453 e. The van der Waals surface area contributed by atoms with Gasteiger partial charge in [-0.2, -0.15) is 0 Å². The molecule has 0 bridgehead atoms. The third-order valence-corrected chi connectivity index (χ3v) is 3.35. The highest BCUT2D eigenvalue weighted by molar-refractivity contribution is 5.92. The molecule has 1 aromatic rings. The van der Waals surface area contributed by atoms with E-state index in [-0.39, 0.29) is 12.0 Å². The maximum atomic E-state index is 12.1. The summed E-state index contributed by atoms with van der Waals surface area (Å²) in [6, 6.07) is 7.33. The topological polar surface area (TPSA) is 75.9 Å². The fourth-order valence-electron chi connectivity index (χ4n) is 2.17. The van der Waals surface area contributed by atoms with E-state index in [0.717, 1.165) is 5.56 Å². The predicted molar refractivity (Wildman–Crippen MR) is 80.4 cm³/mol. The molecule has 2 amide bonds. The zero-order valence-electron chi connectivity index (χ0n) is 12.0. The molecule has 0 saturated carbocycles. The summed E-state index contributed by atoms with van der Waals surface area (Å²) in [5, 5.41) is 0. The van der Waals surface area contributed by atoms with Crippen LogP contribution >= 0.6 is 0 Å². The van der Waals surface area contributed by atoms with Crippen molar-refractivity contribution in [3.8, 4) is 0 Å². The molecule has 1 saturated heterocycles. The quantitative estimate of drug-likeness (QED) is 0.655. The van der Waals surface area contributed by atoms with Gasteiger partial charge >= 0.3 is 6.09 Å². The highest BCUT2D eigenvalue weighted by Gasteiger charge is 2.23. The number of carbonyl (C=O) groups is 2. The van der Waals surface area contributed by atoms with E-state index in [1.807, 2.05) is 12.1 Å². The number of methoxy groups -OCH3 is 1. The molecule has 0 aromatic heterocycles. The molecule has 6 heteroatoms. The number of hydrogen-bond donors (Lipinski definition) is 1. The van der Waals surface area contributed by atoms with Gasteiger partial charge in [-0.15, -0.1) is 0 Å². The van der Waals surface area contributed by atoms with E-state index in [2.05, 4.69) is 4.74 Å². The smallest absolute Gasteiger partial charge is 0.409 e. The SMILES string of the molecule is COC(=O)N1CCN(C(=O)/C=C/c2cccc(N)c2)CC1. The lowest BCUT2D eigenvalue weighted by Gasteiger charge is -2.33. The summed E-state index contributed by atoms with van der Waals surface area (Å²) in [5.74, 6) is -0.0676. The van der Waals surface area contributed by atoms with Gasteiger partial charge in [-0.1, -0.05) is 12.1 Å². The van der Waals surface area contributed by atoms with Crippen LogP contribution in [0.1, 0.15) is 5.56 Å². The Morgan fingerprint density at radius 1 is 1.19 bits per heavy atom. The molecule has 0 unspecified atom stereocenters. The van der Waals surface area contributed by atoms with Crippen LogP contribution in [-0.2, 0) is 9.53 Å². The minimum absolute atomic E-state index is 0.0676. The third-order valence-electron chi connectivity index (χ3n) is 3.35. The first-order chi connectivity index (χ1) is 10.1. The first-order valence-electron chi connectivity index (χ1n) is 6.75. The third kappa shape index (κ3) is 3.98. The van der Waals surface area contributed by atoms with Crippen LogP contribution in [0.25, 0.3) is 6.08 Å². The van der Waals surface area contributed by atoms with Gasteiger partial charge in [-0.05, 0) is 23.8 Å². The van der Waals surface area contributed by atoms with Gasteiger partial charge < -0.3 is 20.3 Å². The van der Waals surface area contributed by atoms with Gasteiger partial charge in [0.05, 0.1) is 7.11 Å². The monoisotopic (exact) mass is 289 g/mol. The molecule has 1 aliphatic rings. The fourth-order valence-corrected chi connectivity index (χ4v) is 2.17. The van der Waals surface area contributed by atoms with Gasteiger partial charge in [0, 0.05) is 37.9 Å². The number of nitrogens with zero attached hydrogens (tertiary/aromatic N) is 2.